The van der Waals surface area contributed by atoms with Crippen molar-refractivity contribution in [2.24, 2.45) is 0 Å². The van der Waals surface area contributed by atoms with Crippen LogP contribution in [-0.2, 0) is 11.0 Å². The standard InChI is InChI=1S/C11H9F3O2/c1-2-9(15)10(16)7-3-5-8(6-4-7)11(12,13)14/h3-6H,2H2,1H3. The first-order valence-corrected chi connectivity index (χ1v) is 4.61. The van der Waals surface area contributed by atoms with E-state index in [2.05, 4.69) is 0 Å². The Kier molecular flexibility index (Phi) is 3.47. The lowest BCUT2D eigenvalue weighted by Gasteiger charge is -2.06. The molecule has 0 N–H and O–H groups in total. The zero-order chi connectivity index (χ0) is 12.3. The van der Waals surface area contributed by atoms with Crippen molar-refractivity contribution in [1.82, 2.24) is 0 Å². The van der Waals surface area contributed by atoms with Gasteiger partial charge in [0.15, 0.2) is 0 Å². The molecule has 0 unspecified atom stereocenters. The van der Waals surface area contributed by atoms with Gasteiger partial charge in [-0.3, -0.25) is 9.59 Å². The molecular weight excluding hydrogens is 221 g/mol. The molecule has 1 aromatic carbocycles. The summed E-state index contributed by atoms with van der Waals surface area (Å²) >= 11 is 0. The van der Waals surface area contributed by atoms with E-state index >= 15 is 0 Å². The third-order valence-corrected chi connectivity index (χ3v) is 2.05. The Bertz CT molecular complexity index is 404. The van der Waals surface area contributed by atoms with E-state index in [1.807, 2.05) is 0 Å². The van der Waals surface area contributed by atoms with Gasteiger partial charge in [0.1, 0.15) is 0 Å². The molecule has 0 fully saturated rings. The molecule has 0 aliphatic heterocycles. The van der Waals surface area contributed by atoms with Gasteiger partial charge in [0.2, 0.25) is 11.6 Å². The molecule has 0 amide bonds. The number of rotatable bonds is 3. The van der Waals surface area contributed by atoms with Crippen molar-refractivity contribution in [3.05, 3.63) is 35.4 Å². The SMILES string of the molecule is CCC(=O)C(=O)c1ccc(C(F)(F)F)cc1. The summed E-state index contributed by atoms with van der Waals surface area (Å²) in [7, 11) is 0. The van der Waals surface area contributed by atoms with Crippen LogP contribution in [0.25, 0.3) is 0 Å². The summed E-state index contributed by atoms with van der Waals surface area (Å²) in [4.78, 5) is 22.3. The first kappa shape index (κ1) is 12.4. The molecule has 0 bridgehead atoms. The van der Waals surface area contributed by atoms with Crippen molar-refractivity contribution in [1.29, 1.82) is 0 Å². The summed E-state index contributed by atoms with van der Waals surface area (Å²) < 4.78 is 36.6. The Balaban J connectivity index is 2.96. The molecule has 0 saturated heterocycles. The summed E-state index contributed by atoms with van der Waals surface area (Å²) in [6.45, 7) is 1.52. The largest absolute Gasteiger partial charge is 0.416 e. The van der Waals surface area contributed by atoms with Crippen molar-refractivity contribution >= 4 is 11.6 Å². The van der Waals surface area contributed by atoms with E-state index in [9.17, 15) is 22.8 Å². The lowest BCUT2D eigenvalue weighted by molar-refractivity contribution is -0.137. The molecule has 1 rings (SSSR count). The molecule has 0 spiro atoms. The highest BCUT2D eigenvalue weighted by Gasteiger charge is 2.30. The maximum atomic E-state index is 12.2. The fourth-order valence-electron chi connectivity index (χ4n) is 1.13. The Labute approximate surface area is 90.1 Å². The minimum Gasteiger partial charge on any atom is -0.290 e. The molecule has 0 saturated carbocycles. The van der Waals surface area contributed by atoms with Crippen LogP contribution in [0.2, 0.25) is 0 Å². The highest BCUT2D eigenvalue weighted by molar-refractivity contribution is 6.43. The van der Waals surface area contributed by atoms with E-state index in [0.717, 1.165) is 24.3 Å². The van der Waals surface area contributed by atoms with Gasteiger partial charge in [-0.05, 0) is 12.1 Å². The number of hydrogen-bond acceptors (Lipinski definition) is 2. The van der Waals surface area contributed by atoms with Gasteiger partial charge in [-0.2, -0.15) is 13.2 Å². The molecule has 16 heavy (non-hydrogen) atoms. The zero-order valence-corrected chi connectivity index (χ0v) is 8.47. The van der Waals surface area contributed by atoms with Gasteiger partial charge in [0.25, 0.3) is 0 Å². The third kappa shape index (κ3) is 2.68. The van der Waals surface area contributed by atoms with E-state index in [1.54, 1.807) is 0 Å². The van der Waals surface area contributed by atoms with E-state index < -0.39 is 23.3 Å². The smallest absolute Gasteiger partial charge is 0.290 e. The molecule has 2 nitrogen and oxygen atoms in total. The summed E-state index contributed by atoms with van der Waals surface area (Å²) in [6.07, 6.45) is -4.39. The summed E-state index contributed by atoms with van der Waals surface area (Å²) in [5, 5.41) is 0. The normalized spacial score (nSPS) is 11.2. The lowest BCUT2D eigenvalue weighted by atomic mass is 10.0. The van der Waals surface area contributed by atoms with Crippen LogP contribution in [0.4, 0.5) is 13.2 Å². The Hall–Kier alpha value is -1.65. The quantitative estimate of drug-likeness (QED) is 0.591. The third-order valence-electron chi connectivity index (χ3n) is 2.05. The van der Waals surface area contributed by atoms with Crippen LogP contribution in [0.15, 0.2) is 24.3 Å². The molecule has 86 valence electrons. The highest BCUT2D eigenvalue weighted by atomic mass is 19.4. The van der Waals surface area contributed by atoms with Crippen LogP contribution < -0.4 is 0 Å². The number of carbonyl (C=O) groups is 2. The van der Waals surface area contributed by atoms with Crippen LogP contribution in [0.5, 0.6) is 0 Å². The van der Waals surface area contributed by atoms with Gasteiger partial charge < -0.3 is 0 Å². The Morgan fingerprint density at radius 2 is 1.62 bits per heavy atom. The number of ketones is 2. The molecule has 0 aliphatic carbocycles. The summed E-state index contributed by atoms with van der Waals surface area (Å²) in [6, 6.07) is 3.60. The molecule has 0 aliphatic rings. The van der Waals surface area contributed by atoms with Crippen molar-refractivity contribution in [3.63, 3.8) is 0 Å². The van der Waals surface area contributed by atoms with E-state index in [-0.39, 0.29) is 12.0 Å². The number of Topliss-reactive ketones (excluding diaryl/α,β-unsaturated/α-hetero) is 2. The molecule has 0 aromatic heterocycles. The highest BCUT2D eigenvalue weighted by Crippen LogP contribution is 2.29. The van der Waals surface area contributed by atoms with Crippen LogP contribution in [0, 0.1) is 0 Å². The van der Waals surface area contributed by atoms with E-state index in [4.69, 9.17) is 0 Å². The molecule has 1 aromatic rings. The van der Waals surface area contributed by atoms with Gasteiger partial charge in [0.05, 0.1) is 5.56 Å². The molecule has 0 heterocycles. The maximum Gasteiger partial charge on any atom is 0.416 e. The zero-order valence-electron chi connectivity index (χ0n) is 8.47. The molecule has 0 radical (unpaired) electrons. The van der Waals surface area contributed by atoms with Gasteiger partial charge in [-0.15, -0.1) is 0 Å². The molecule has 5 heteroatoms. The van der Waals surface area contributed by atoms with Crippen LogP contribution in [0.1, 0.15) is 29.3 Å². The van der Waals surface area contributed by atoms with Crippen molar-refractivity contribution in [2.75, 3.05) is 0 Å². The predicted molar refractivity (Wildman–Crippen MR) is 51.1 cm³/mol. The second kappa shape index (κ2) is 4.47. The fraction of sp³-hybridized carbons (Fsp3) is 0.273. The minimum absolute atomic E-state index is 0.0140. The number of carbonyl (C=O) groups excluding carboxylic acids is 2. The monoisotopic (exact) mass is 230 g/mol. The number of halogens is 3. The topological polar surface area (TPSA) is 34.1 Å². The van der Waals surface area contributed by atoms with Crippen molar-refractivity contribution in [3.8, 4) is 0 Å². The molecular formula is C11H9F3O2. The predicted octanol–water partition coefficient (Wildman–Crippen LogP) is 2.87. The van der Waals surface area contributed by atoms with Gasteiger partial charge in [0, 0.05) is 12.0 Å². The fourth-order valence-corrected chi connectivity index (χ4v) is 1.13. The van der Waals surface area contributed by atoms with Crippen molar-refractivity contribution in [2.45, 2.75) is 19.5 Å². The average Bonchev–Trinajstić information content (AvgIpc) is 2.26. The van der Waals surface area contributed by atoms with Gasteiger partial charge in [-0.25, -0.2) is 0 Å². The Morgan fingerprint density at radius 1 is 1.12 bits per heavy atom. The summed E-state index contributed by atoms with van der Waals surface area (Å²) in [5.74, 6) is -1.36. The lowest BCUT2D eigenvalue weighted by Crippen LogP contribution is -2.13. The van der Waals surface area contributed by atoms with E-state index in [1.165, 1.54) is 6.92 Å². The first-order chi connectivity index (χ1) is 7.36. The number of hydrogen-bond donors (Lipinski definition) is 0. The maximum absolute atomic E-state index is 12.2. The summed E-state index contributed by atoms with van der Waals surface area (Å²) in [5.41, 5.74) is -0.854. The van der Waals surface area contributed by atoms with Crippen LogP contribution in [0.3, 0.4) is 0 Å². The average molecular weight is 230 g/mol. The van der Waals surface area contributed by atoms with Crippen LogP contribution in [-0.4, -0.2) is 11.6 Å². The van der Waals surface area contributed by atoms with Crippen LogP contribution >= 0.6 is 0 Å². The van der Waals surface area contributed by atoms with Crippen molar-refractivity contribution < 1.29 is 22.8 Å². The van der Waals surface area contributed by atoms with E-state index in [0.29, 0.717) is 0 Å². The Morgan fingerprint density at radius 3 is 2.00 bits per heavy atom. The number of benzene rings is 1. The second-order valence-corrected chi connectivity index (χ2v) is 3.18. The van der Waals surface area contributed by atoms with Gasteiger partial charge in [-0.1, -0.05) is 19.1 Å². The first-order valence-electron chi connectivity index (χ1n) is 4.61. The van der Waals surface area contributed by atoms with Gasteiger partial charge >= 0.3 is 6.18 Å². The minimum atomic E-state index is -4.43. The molecule has 0 atom stereocenters. The number of alkyl halides is 3. The second-order valence-electron chi connectivity index (χ2n) is 3.18.